The van der Waals surface area contributed by atoms with Crippen LogP contribution in [-0.2, 0) is 17.9 Å². The van der Waals surface area contributed by atoms with E-state index in [1.807, 2.05) is 31.2 Å². The molecule has 19 heavy (non-hydrogen) atoms. The zero-order chi connectivity index (χ0) is 14.1. The van der Waals surface area contributed by atoms with Crippen LogP contribution in [0.2, 0.25) is 0 Å². The van der Waals surface area contributed by atoms with Crippen LogP contribution >= 0.6 is 0 Å². The second kappa shape index (κ2) is 8.67. The molecule has 1 aromatic rings. The molecule has 0 aliphatic rings. The molecule has 1 amide bonds. The van der Waals surface area contributed by atoms with Gasteiger partial charge in [0.25, 0.3) is 0 Å². The van der Waals surface area contributed by atoms with E-state index in [-0.39, 0.29) is 18.6 Å². The van der Waals surface area contributed by atoms with Crippen molar-refractivity contribution < 1.29 is 9.90 Å². The van der Waals surface area contributed by atoms with Crippen LogP contribution in [0.1, 0.15) is 37.8 Å². The summed E-state index contributed by atoms with van der Waals surface area (Å²) in [4.78, 5) is 11.6. The van der Waals surface area contributed by atoms with Gasteiger partial charge < -0.3 is 15.7 Å². The smallest absolute Gasteiger partial charge is 0.234 e. The van der Waals surface area contributed by atoms with Crippen LogP contribution in [0.25, 0.3) is 0 Å². The number of aliphatic hydroxyl groups excluding tert-OH is 1. The molecule has 106 valence electrons. The summed E-state index contributed by atoms with van der Waals surface area (Å²) in [7, 11) is 0. The van der Waals surface area contributed by atoms with E-state index in [4.69, 9.17) is 5.11 Å². The first-order valence-electron chi connectivity index (χ1n) is 6.84. The van der Waals surface area contributed by atoms with Crippen LogP contribution in [-0.4, -0.2) is 23.6 Å². The second-order valence-corrected chi connectivity index (χ2v) is 4.84. The van der Waals surface area contributed by atoms with Gasteiger partial charge in [-0.1, -0.05) is 37.6 Å². The topological polar surface area (TPSA) is 61.4 Å². The normalized spacial score (nSPS) is 12.2. The minimum absolute atomic E-state index is 0.0271. The third-order valence-corrected chi connectivity index (χ3v) is 2.92. The molecule has 0 aliphatic heterocycles. The number of carbonyl (C=O) groups excluding carboxylic acids is 1. The van der Waals surface area contributed by atoms with Gasteiger partial charge in [-0.25, -0.2) is 0 Å². The van der Waals surface area contributed by atoms with Gasteiger partial charge in [0.15, 0.2) is 0 Å². The highest BCUT2D eigenvalue weighted by Crippen LogP contribution is 2.04. The Morgan fingerprint density at radius 3 is 2.79 bits per heavy atom. The monoisotopic (exact) mass is 264 g/mol. The minimum atomic E-state index is 0.0271. The number of hydrogen-bond donors (Lipinski definition) is 3. The predicted octanol–water partition coefficient (Wildman–Crippen LogP) is 1.57. The first-order valence-corrected chi connectivity index (χ1v) is 6.84. The van der Waals surface area contributed by atoms with Crippen molar-refractivity contribution in [1.29, 1.82) is 0 Å². The fourth-order valence-electron chi connectivity index (χ4n) is 1.99. The maximum atomic E-state index is 11.6. The average Bonchev–Trinajstić information content (AvgIpc) is 2.39. The highest BCUT2D eigenvalue weighted by Gasteiger charge is 2.05. The third kappa shape index (κ3) is 6.36. The number of carbonyl (C=O) groups is 1. The van der Waals surface area contributed by atoms with E-state index in [2.05, 4.69) is 17.6 Å². The first-order chi connectivity index (χ1) is 9.15. The maximum Gasteiger partial charge on any atom is 0.234 e. The lowest BCUT2D eigenvalue weighted by molar-refractivity contribution is -0.120. The van der Waals surface area contributed by atoms with Crippen LogP contribution in [0.4, 0.5) is 0 Å². The van der Waals surface area contributed by atoms with Crippen molar-refractivity contribution in [3.8, 4) is 0 Å². The summed E-state index contributed by atoms with van der Waals surface area (Å²) in [5.41, 5.74) is 1.96. The Hall–Kier alpha value is -1.39. The van der Waals surface area contributed by atoms with E-state index >= 15 is 0 Å². The van der Waals surface area contributed by atoms with Gasteiger partial charge in [0.05, 0.1) is 13.2 Å². The van der Waals surface area contributed by atoms with Crippen LogP contribution in [0.5, 0.6) is 0 Å². The SMILES string of the molecule is CCCC(C)NC(=O)CNCc1cccc(CO)c1. The summed E-state index contributed by atoms with van der Waals surface area (Å²) < 4.78 is 0. The van der Waals surface area contributed by atoms with Crippen LogP contribution < -0.4 is 10.6 Å². The van der Waals surface area contributed by atoms with Gasteiger partial charge >= 0.3 is 0 Å². The molecule has 0 aliphatic carbocycles. The molecular formula is C15H24N2O2. The van der Waals surface area contributed by atoms with Crippen molar-refractivity contribution >= 4 is 5.91 Å². The third-order valence-electron chi connectivity index (χ3n) is 2.92. The summed E-state index contributed by atoms with van der Waals surface area (Å²) >= 11 is 0. The summed E-state index contributed by atoms with van der Waals surface area (Å²) in [5.74, 6) is 0.0271. The van der Waals surface area contributed by atoms with Gasteiger partial charge in [-0.05, 0) is 24.5 Å². The van der Waals surface area contributed by atoms with E-state index < -0.39 is 0 Å². The first kappa shape index (κ1) is 15.7. The highest BCUT2D eigenvalue weighted by molar-refractivity contribution is 5.78. The number of rotatable bonds is 8. The average molecular weight is 264 g/mol. The fraction of sp³-hybridized carbons (Fsp3) is 0.533. The molecule has 1 rings (SSSR count). The second-order valence-electron chi connectivity index (χ2n) is 4.84. The fourth-order valence-corrected chi connectivity index (χ4v) is 1.99. The van der Waals surface area contributed by atoms with E-state index in [0.717, 1.165) is 24.0 Å². The molecule has 4 nitrogen and oxygen atoms in total. The number of nitrogens with one attached hydrogen (secondary N) is 2. The highest BCUT2D eigenvalue weighted by atomic mass is 16.3. The number of amides is 1. The Morgan fingerprint density at radius 1 is 1.37 bits per heavy atom. The molecule has 4 heteroatoms. The van der Waals surface area contributed by atoms with Crippen molar-refractivity contribution in [2.75, 3.05) is 6.54 Å². The van der Waals surface area contributed by atoms with Crippen molar-refractivity contribution in [2.24, 2.45) is 0 Å². The maximum absolute atomic E-state index is 11.6. The Kier molecular flexibility index (Phi) is 7.15. The van der Waals surface area contributed by atoms with Crippen LogP contribution in [0.15, 0.2) is 24.3 Å². The van der Waals surface area contributed by atoms with Crippen molar-refractivity contribution in [1.82, 2.24) is 10.6 Å². The van der Waals surface area contributed by atoms with E-state index in [9.17, 15) is 4.79 Å². The van der Waals surface area contributed by atoms with Crippen molar-refractivity contribution in [2.45, 2.75) is 45.9 Å². The van der Waals surface area contributed by atoms with Gasteiger partial charge in [-0.15, -0.1) is 0 Å². The van der Waals surface area contributed by atoms with Gasteiger partial charge in [0.2, 0.25) is 5.91 Å². The molecule has 0 heterocycles. The van der Waals surface area contributed by atoms with E-state index in [1.54, 1.807) is 0 Å². The molecule has 3 N–H and O–H groups in total. The molecule has 0 spiro atoms. The molecule has 1 atom stereocenters. The zero-order valence-corrected chi connectivity index (χ0v) is 11.8. The minimum Gasteiger partial charge on any atom is -0.392 e. The van der Waals surface area contributed by atoms with E-state index in [0.29, 0.717) is 13.1 Å². The molecule has 0 fully saturated rings. The summed E-state index contributed by atoms with van der Waals surface area (Å²) in [5, 5.41) is 15.1. The Morgan fingerprint density at radius 2 is 2.11 bits per heavy atom. The summed E-state index contributed by atoms with van der Waals surface area (Å²) in [6, 6.07) is 7.93. The van der Waals surface area contributed by atoms with Crippen LogP contribution in [0, 0.1) is 0 Å². The van der Waals surface area contributed by atoms with Crippen LogP contribution in [0.3, 0.4) is 0 Å². The lowest BCUT2D eigenvalue weighted by Gasteiger charge is -2.13. The molecule has 0 bridgehead atoms. The Labute approximate surface area is 115 Å². The van der Waals surface area contributed by atoms with E-state index in [1.165, 1.54) is 0 Å². The molecule has 0 saturated heterocycles. The van der Waals surface area contributed by atoms with Crippen molar-refractivity contribution in [3.63, 3.8) is 0 Å². The molecule has 0 saturated carbocycles. The molecule has 1 unspecified atom stereocenters. The van der Waals surface area contributed by atoms with Gasteiger partial charge in [0.1, 0.15) is 0 Å². The summed E-state index contributed by atoms with van der Waals surface area (Å²) in [6.07, 6.45) is 2.08. The Balaban J connectivity index is 2.27. The molecule has 0 radical (unpaired) electrons. The molecular weight excluding hydrogens is 240 g/mol. The zero-order valence-electron chi connectivity index (χ0n) is 11.8. The molecule has 0 aromatic heterocycles. The van der Waals surface area contributed by atoms with Crippen molar-refractivity contribution in [3.05, 3.63) is 35.4 Å². The lowest BCUT2D eigenvalue weighted by Crippen LogP contribution is -2.38. The van der Waals surface area contributed by atoms with Gasteiger partial charge in [-0.2, -0.15) is 0 Å². The summed E-state index contributed by atoms with van der Waals surface area (Å²) in [6.45, 7) is 5.12. The predicted molar refractivity (Wildman–Crippen MR) is 76.6 cm³/mol. The standard InChI is InChI=1S/C15H24N2O2/c1-3-5-12(2)17-15(19)10-16-9-13-6-4-7-14(8-13)11-18/h4,6-8,12,16,18H,3,5,9-11H2,1-2H3,(H,17,19). The lowest BCUT2D eigenvalue weighted by atomic mass is 10.1. The Bertz CT molecular complexity index is 393. The largest absolute Gasteiger partial charge is 0.392 e. The number of benzene rings is 1. The van der Waals surface area contributed by atoms with Gasteiger partial charge in [-0.3, -0.25) is 4.79 Å². The quantitative estimate of drug-likeness (QED) is 0.668. The number of hydrogen-bond acceptors (Lipinski definition) is 3. The number of aliphatic hydroxyl groups is 1. The van der Waals surface area contributed by atoms with Gasteiger partial charge in [0, 0.05) is 12.6 Å². The molecule has 1 aromatic carbocycles.